The van der Waals surface area contributed by atoms with Crippen LogP contribution in [0.25, 0.3) is 0 Å². The maximum Gasteiger partial charge on any atom is 0.233 e. The van der Waals surface area contributed by atoms with Crippen LogP contribution >= 0.6 is 0 Å². The van der Waals surface area contributed by atoms with E-state index in [-0.39, 0.29) is 6.42 Å². The molecule has 0 saturated carbocycles. The summed E-state index contributed by atoms with van der Waals surface area (Å²) >= 11 is 0. The molecule has 3 rings (SSSR count). The summed E-state index contributed by atoms with van der Waals surface area (Å²) in [5.74, 6) is -1.29. The van der Waals surface area contributed by atoms with Crippen LogP contribution in [-0.4, -0.2) is 24.0 Å². The number of aromatic nitrogens is 1. The predicted octanol–water partition coefficient (Wildman–Crippen LogP) is 2.00. The number of pyridine rings is 1. The van der Waals surface area contributed by atoms with Crippen LogP contribution < -0.4 is 10.6 Å². The third-order valence-electron chi connectivity index (χ3n) is 3.40. The first-order valence-corrected chi connectivity index (χ1v) is 6.97. The fourth-order valence-corrected chi connectivity index (χ4v) is 2.35. The lowest BCUT2D eigenvalue weighted by molar-refractivity contribution is 0.177. The van der Waals surface area contributed by atoms with Gasteiger partial charge in [-0.3, -0.25) is 4.98 Å². The molecule has 1 unspecified atom stereocenters. The van der Waals surface area contributed by atoms with Gasteiger partial charge in [0.15, 0.2) is 5.96 Å². The van der Waals surface area contributed by atoms with Crippen LogP contribution in [0.1, 0.15) is 11.1 Å². The number of rotatable bonds is 4. The van der Waals surface area contributed by atoms with Crippen molar-refractivity contribution in [1.29, 1.82) is 0 Å². The SMILES string of the molecule is FC(Cc1ccncc1)(N=C1NCCN1)c1ccccc1. The summed E-state index contributed by atoms with van der Waals surface area (Å²) in [5, 5.41) is 6.11. The molecule has 2 aromatic rings. The number of nitrogens with zero attached hydrogens (tertiary/aromatic N) is 2. The van der Waals surface area contributed by atoms with Gasteiger partial charge in [-0.05, 0) is 17.7 Å². The van der Waals surface area contributed by atoms with Crippen molar-refractivity contribution in [2.75, 3.05) is 13.1 Å². The largest absolute Gasteiger partial charge is 0.355 e. The van der Waals surface area contributed by atoms with E-state index in [1.165, 1.54) is 0 Å². The smallest absolute Gasteiger partial charge is 0.233 e. The van der Waals surface area contributed by atoms with Crippen LogP contribution in [-0.2, 0) is 12.2 Å². The molecule has 0 radical (unpaired) electrons. The Morgan fingerprint density at radius 3 is 2.38 bits per heavy atom. The van der Waals surface area contributed by atoms with E-state index in [2.05, 4.69) is 20.6 Å². The average Bonchev–Trinajstić information content (AvgIpc) is 3.02. The van der Waals surface area contributed by atoms with Crippen molar-refractivity contribution in [3.8, 4) is 0 Å². The maximum atomic E-state index is 15.6. The zero-order chi connectivity index (χ0) is 14.5. The van der Waals surface area contributed by atoms with Crippen LogP contribution in [0.2, 0.25) is 0 Å². The minimum absolute atomic E-state index is 0.173. The van der Waals surface area contributed by atoms with Gasteiger partial charge in [0.05, 0.1) is 0 Å². The van der Waals surface area contributed by atoms with Crippen LogP contribution in [0.4, 0.5) is 4.39 Å². The third kappa shape index (κ3) is 3.18. The number of halogens is 1. The number of guanidine groups is 1. The van der Waals surface area contributed by atoms with E-state index < -0.39 is 5.79 Å². The second kappa shape index (κ2) is 5.91. The predicted molar refractivity (Wildman–Crippen MR) is 80.6 cm³/mol. The highest BCUT2D eigenvalue weighted by atomic mass is 19.1. The third-order valence-corrected chi connectivity index (χ3v) is 3.40. The first kappa shape index (κ1) is 13.5. The van der Waals surface area contributed by atoms with Crippen molar-refractivity contribution in [3.63, 3.8) is 0 Å². The molecule has 5 heteroatoms. The summed E-state index contributed by atoms with van der Waals surface area (Å²) in [6, 6.07) is 12.7. The molecule has 4 nitrogen and oxygen atoms in total. The Kier molecular flexibility index (Phi) is 3.81. The minimum Gasteiger partial charge on any atom is -0.355 e. The van der Waals surface area contributed by atoms with Gasteiger partial charge < -0.3 is 10.6 Å². The van der Waals surface area contributed by atoms with E-state index >= 15 is 4.39 Å². The van der Waals surface area contributed by atoms with Gasteiger partial charge in [0.1, 0.15) is 0 Å². The first-order valence-electron chi connectivity index (χ1n) is 6.97. The maximum absolute atomic E-state index is 15.6. The summed E-state index contributed by atoms with van der Waals surface area (Å²) in [4.78, 5) is 8.25. The minimum atomic E-state index is -1.80. The van der Waals surface area contributed by atoms with Gasteiger partial charge in [0.25, 0.3) is 0 Å². The summed E-state index contributed by atoms with van der Waals surface area (Å²) in [6.07, 6.45) is 3.51. The first-order chi connectivity index (χ1) is 10.3. The number of nitrogens with one attached hydrogen (secondary N) is 2. The monoisotopic (exact) mass is 284 g/mol. The molecule has 1 aromatic heterocycles. The van der Waals surface area contributed by atoms with Gasteiger partial charge in [-0.1, -0.05) is 30.3 Å². The number of aliphatic imine (C=N–C) groups is 1. The summed E-state index contributed by atoms with van der Waals surface area (Å²) in [7, 11) is 0. The van der Waals surface area contributed by atoms with Crippen molar-refractivity contribution < 1.29 is 4.39 Å². The van der Waals surface area contributed by atoms with E-state index in [0.29, 0.717) is 11.5 Å². The quantitative estimate of drug-likeness (QED) is 0.844. The van der Waals surface area contributed by atoms with E-state index in [4.69, 9.17) is 0 Å². The number of benzene rings is 1. The Morgan fingerprint density at radius 1 is 1.05 bits per heavy atom. The molecule has 0 bridgehead atoms. The lowest BCUT2D eigenvalue weighted by Crippen LogP contribution is -2.31. The Bertz CT molecular complexity index is 607. The molecule has 2 heterocycles. The van der Waals surface area contributed by atoms with Gasteiger partial charge in [-0.15, -0.1) is 0 Å². The van der Waals surface area contributed by atoms with Gasteiger partial charge in [-0.2, -0.15) is 0 Å². The summed E-state index contributed by atoms with van der Waals surface area (Å²) in [5.41, 5.74) is 1.41. The van der Waals surface area contributed by atoms with Crippen molar-refractivity contribution in [2.45, 2.75) is 12.2 Å². The molecular weight excluding hydrogens is 267 g/mol. The fraction of sp³-hybridized carbons (Fsp3) is 0.250. The highest BCUT2D eigenvalue weighted by molar-refractivity contribution is 5.82. The molecule has 2 N–H and O–H groups in total. The molecule has 0 spiro atoms. The molecule has 0 aliphatic carbocycles. The van der Waals surface area contributed by atoms with Crippen LogP contribution in [0.15, 0.2) is 59.9 Å². The topological polar surface area (TPSA) is 49.3 Å². The van der Waals surface area contributed by atoms with E-state index in [9.17, 15) is 0 Å². The molecule has 1 aliphatic rings. The molecular formula is C16H17FN4. The zero-order valence-corrected chi connectivity index (χ0v) is 11.6. The molecule has 1 atom stereocenters. The Labute approximate surface area is 123 Å². The fourth-order valence-electron chi connectivity index (χ4n) is 2.35. The van der Waals surface area contributed by atoms with Crippen LogP contribution in [0, 0.1) is 0 Å². The van der Waals surface area contributed by atoms with Crippen molar-refractivity contribution in [2.24, 2.45) is 4.99 Å². The molecule has 1 aromatic carbocycles. The standard InChI is InChI=1S/C16H17FN4/c17-16(14-4-2-1-3-5-14,21-15-19-10-11-20-15)12-13-6-8-18-9-7-13/h1-9H,10-12H2,(H2,19,20,21). The molecule has 1 aliphatic heterocycles. The molecule has 108 valence electrons. The van der Waals surface area contributed by atoms with Crippen molar-refractivity contribution >= 4 is 5.96 Å². The lowest BCUT2D eigenvalue weighted by Gasteiger charge is -2.22. The Morgan fingerprint density at radius 2 is 1.71 bits per heavy atom. The van der Waals surface area contributed by atoms with Gasteiger partial charge in [-0.25, -0.2) is 9.38 Å². The Hall–Kier alpha value is -2.43. The van der Waals surface area contributed by atoms with Gasteiger partial charge in [0.2, 0.25) is 5.79 Å². The molecule has 0 amide bonds. The normalized spacial score (nSPS) is 16.7. The average molecular weight is 284 g/mol. The van der Waals surface area contributed by atoms with Crippen molar-refractivity contribution in [3.05, 3.63) is 66.0 Å². The lowest BCUT2D eigenvalue weighted by atomic mass is 9.97. The van der Waals surface area contributed by atoms with E-state index in [1.54, 1.807) is 24.5 Å². The molecule has 21 heavy (non-hydrogen) atoms. The summed E-state index contributed by atoms with van der Waals surface area (Å²) in [6.45, 7) is 1.53. The van der Waals surface area contributed by atoms with E-state index in [1.807, 2.05) is 30.3 Å². The highest BCUT2D eigenvalue weighted by Crippen LogP contribution is 2.31. The van der Waals surface area contributed by atoms with Crippen LogP contribution in [0.3, 0.4) is 0 Å². The summed E-state index contributed by atoms with van der Waals surface area (Å²) < 4.78 is 15.6. The van der Waals surface area contributed by atoms with Crippen molar-refractivity contribution in [1.82, 2.24) is 15.6 Å². The second-order valence-electron chi connectivity index (χ2n) is 4.97. The highest BCUT2D eigenvalue weighted by Gasteiger charge is 2.33. The molecule has 1 saturated heterocycles. The van der Waals surface area contributed by atoms with E-state index in [0.717, 1.165) is 18.7 Å². The number of hydrogen-bond donors (Lipinski definition) is 2. The molecule has 1 fully saturated rings. The number of alkyl halides is 1. The zero-order valence-electron chi connectivity index (χ0n) is 11.6. The second-order valence-corrected chi connectivity index (χ2v) is 4.97. The Balaban J connectivity index is 1.96. The van der Waals surface area contributed by atoms with Gasteiger partial charge >= 0.3 is 0 Å². The van der Waals surface area contributed by atoms with Gasteiger partial charge in [0, 0.05) is 37.5 Å². The number of hydrogen-bond acceptors (Lipinski definition) is 2. The van der Waals surface area contributed by atoms with Crippen LogP contribution in [0.5, 0.6) is 0 Å².